The first-order chi connectivity index (χ1) is 16.0. The first-order valence-electron chi connectivity index (χ1n) is 10.5. The molecule has 0 saturated carbocycles. The molecule has 9 heteroatoms. The van der Waals surface area contributed by atoms with Gasteiger partial charge < -0.3 is 20.5 Å². The lowest BCUT2D eigenvalue weighted by Crippen LogP contribution is -2.40. The van der Waals surface area contributed by atoms with E-state index in [0.29, 0.717) is 52.5 Å². The Bertz CT molecular complexity index is 1290. The quantitative estimate of drug-likeness (QED) is 0.570. The zero-order valence-electron chi connectivity index (χ0n) is 18.5. The van der Waals surface area contributed by atoms with Gasteiger partial charge in [-0.15, -0.1) is 12.4 Å². The van der Waals surface area contributed by atoms with Crippen LogP contribution in [-0.2, 0) is 0 Å². The summed E-state index contributed by atoms with van der Waals surface area (Å²) in [5.74, 6) is 0.0643. The molecule has 1 aromatic heterocycles. The Morgan fingerprint density at radius 3 is 2.41 bits per heavy atom. The van der Waals surface area contributed by atoms with Gasteiger partial charge in [-0.1, -0.05) is 12.1 Å². The Morgan fingerprint density at radius 2 is 1.82 bits per heavy atom. The van der Waals surface area contributed by atoms with Crippen molar-refractivity contribution >= 4 is 18.2 Å². The molecule has 2 heterocycles. The van der Waals surface area contributed by atoms with E-state index in [2.05, 4.69) is 11.1 Å². The number of nitrogens with zero attached hydrogens (tertiary/aromatic N) is 4. The number of phenols is 1. The lowest BCUT2D eigenvalue weighted by molar-refractivity contribution is 0.373. The predicted octanol–water partition coefficient (Wildman–Crippen LogP) is 4.36. The lowest BCUT2D eigenvalue weighted by Gasteiger charge is -2.32. The van der Waals surface area contributed by atoms with Gasteiger partial charge in [0, 0.05) is 36.5 Å². The van der Waals surface area contributed by atoms with Crippen molar-refractivity contribution in [3.05, 3.63) is 59.5 Å². The van der Waals surface area contributed by atoms with Gasteiger partial charge in [0.25, 0.3) is 0 Å². The summed E-state index contributed by atoms with van der Waals surface area (Å²) >= 11 is 0. The number of anilines is 1. The Hall–Kier alpha value is -3.85. The van der Waals surface area contributed by atoms with Crippen LogP contribution in [0.15, 0.2) is 42.6 Å². The number of ether oxygens (including phenoxy) is 1. The number of aromatic hydroxyl groups is 1. The Morgan fingerprint density at radius 1 is 1.12 bits per heavy atom. The molecule has 1 fully saturated rings. The predicted molar refractivity (Wildman–Crippen MR) is 129 cm³/mol. The fraction of sp³-hybridized carbons (Fsp3) is 0.240. The summed E-state index contributed by atoms with van der Waals surface area (Å²) in [7, 11) is 1.45. The largest absolute Gasteiger partial charge is 0.504 e. The third-order valence-electron chi connectivity index (χ3n) is 5.88. The number of piperidine rings is 1. The number of nitriles is 2. The van der Waals surface area contributed by atoms with Crippen molar-refractivity contribution in [1.29, 1.82) is 10.5 Å². The molecule has 0 aliphatic carbocycles. The molecule has 1 aliphatic heterocycles. The van der Waals surface area contributed by atoms with Gasteiger partial charge in [-0.2, -0.15) is 10.5 Å². The fourth-order valence-corrected chi connectivity index (χ4v) is 4.10. The van der Waals surface area contributed by atoms with E-state index in [1.807, 2.05) is 11.0 Å². The molecule has 0 amide bonds. The van der Waals surface area contributed by atoms with Gasteiger partial charge in [-0.05, 0) is 48.2 Å². The van der Waals surface area contributed by atoms with E-state index in [0.717, 1.165) is 12.8 Å². The molecule has 0 radical (unpaired) electrons. The van der Waals surface area contributed by atoms with Crippen molar-refractivity contribution in [2.45, 2.75) is 18.9 Å². The Labute approximate surface area is 203 Å². The molecule has 0 bridgehead atoms. The molecule has 2 aromatic carbocycles. The first kappa shape index (κ1) is 24.8. The second-order valence-corrected chi connectivity index (χ2v) is 7.87. The number of hydrogen-bond acceptors (Lipinski definition) is 7. The number of hydrogen-bond donors (Lipinski definition) is 2. The highest BCUT2D eigenvalue weighted by Crippen LogP contribution is 2.41. The zero-order chi connectivity index (χ0) is 23.5. The smallest absolute Gasteiger partial charge is 0.160 e. The van der Waals surface area contributed by atoms with E-state index < -0.39 is 5.82 Å². The number of nitrogens with two attached hydrogens (primary N) is 1. The van der Waals surface area contributed by atoms with Crippen LogP contribution in [0.2, 0.25) is 0 Å². The summed E-state index contributed by atoms with van der Waals surface area (Å²) in [6.45, 7) is 1.32. The number of halogens is 2. The molecular formula is C25H23ClFN5O2. The van der Waals surface area contributed by atoms with Gasteiger partial charge in [0.05, 0.1) is 12.7 Å². The molecule has 0 atom stereocenters. The van der Waals surface area contributed by atoms with Gasteiger partial charge in [0.15, 0.2) is 11.5 Å². The standard InChI is InChI=1S/C25H22FN5O2.ClH/c1-33-23-5-4-15(11-22(23)32)20-14-30-25(31-8-6-18(29)7-9-31)19(13-28)24(20)16-2-3-17(12-27)21(26)10-16;/h2-5,10-11,14,18,32H,6-9,29H2,1H3;1H. The maximum absolute atomic E-state index is 14.6. The van der Waals surface area contributed by atoms with Crippen LogP contribution in [0.1, 0.15) is 24.0 Å². The van der Waals surface area contributed by atoms with Crippen molar-refractivity contribution < 1.29 is 14.2 Å². The van der Waals surface area contributed by atoms with E-state index in [9.17, 15) is 14.8 Å². The molecule has 174 valence electrons. The van der Waals surface area contributed by atoms with Gasteiger partial charge in [-0.3, -0.25) is 0 Å². The van der Waals surface area contributed by atoms with Crippen molar-refractivity contribution in [3.63, 3.8) is 0 Å². The lowest BCUT2D eigenvalue weighted by atomic mass is 9.91. The summed E-state index contributed by atoms with van der Waals surface area (Å²) < 4.78 is 19.7. The maximum atomic E-state index is 14.6. The second-order valence-electron chi connectivity index (χ2n) is 7.87. The molecular weight excluding hydrogens is 457 g/mol. The van der Waals surface area contributed by atoms with Crippen LogP contribution in [0.25, 0.3) is 22.3 Å². The molecule has 1 saturated heterocycles. The summed E-state index contributed by atoms with van der Waals surface area (Å²) in [4.78, 5) is 6.61. The summed E-state index contributed by atoms with van der Waals surface area (Å²) in [6, 6.07) is 13.3. The summed E-state index contributed by atoms with van der Waals surface area (Å²) in [6.07, 6.45) is 3.18. The maximum Gasteiger partial charge on any atom is 0.160 e. The van der Waals surface area contributed by atoms with Gasteiger partial charge >= 0.3 is 0 Å². The van der Waals surface area contributed by atoms with Crippen LogP contribution in [-0.4, -0.2) is 36.3 Å². The van der Waals surface area contributed by atoms with Crippen molar-refractivity contribution in [2.75, 3.05) is 25.1 Å². The highest BCUT2D eigenvalue weighted by Gasteiger charge is 2.25. The van der Waals surface area contributed by atoms with Gasteiger partial charge in [0.1, 0.15) is 29.3 Å². The van der Waals surface area contributed by atoms with Crippen molar-refractivity contribution in [1.82, 2.24) is 4.98 Å². The van der Waals surface area contributed by atoms with Crippen LogP contribution in [0.3, 0.4) is 0 Å². The molecule has 0 spiro atoms. The normalized spacial score (nSPS) is 13.5. The molecule has 0 unspecified atom stereocenters. The van der Waals surface area contributed by atoms with E-state index in [4.69, 9.17) is 15.7 Å². The molecule has 4 rings (SSSR count). The SMILES string of the molecule is COc1ccc(-c2cnc(N3CCC(N)CC3)c(C#N)c2-c2ccc(C#N)c(F)c2)cc1O.Cl. The molecule has 7 nitrogen and oxygen atoms in total. The molecule has 1 aliphatic rings. The second kappa shape index (κ2) is 10.4. The summed E-state index contributed by atoms with van der Waals surface area (Å²) in [5, 5.41) is 29.6. The van der Waals surface area contributed by atoms with E-state index in [-0.39, 0.29) is 29.8 Å². The highest BCUT2D eigenvalue weighted by atomic mass is 35.5. The van der Waals surface area contributed by atoms with Crippen molar-refractivity contribution in [2.24, 2.45) is 5.73 Å². The summed E-state index contributed by atoms with van der Waals surface area (Å²) in [5.41, 5.74) is 8.29. The minimum atomic E-state index is -0.676. The van der Waals surface area contributed by atoms with Crippen LogP contribution in [0.5, 0.6) is 11.5 Å². The molecule has 34 heavy (non-hydrogen) atoms. The van der Waals surface area contributed by atoms with Crippen LogP contribution in [0.4, 0.5) is 10.2 Å². The Kier molecular flexibility index (Phi) is 7.57. The van der Waals surface area contributed by atoms with Crippen LogP contribution in [0, 0.1) is 28.5 Å². The highest BCUT2D eigenvalue weighted by molar-refractivity contribution is 5.90. The number of phenolic OH excluding ortho intramolecular Hbond substituents is 1. The van der Waals surface area contributed by atoms with Crippen LogP contribution >= 0.6 is 12.4 Å². The van der Waals surface area contributed by atoms with Gasteiger partial charge in [-0.25, -0.2) is 9.37 Å². The monoisotopic (exact) mass is 479 g/mol. The van der Waals surface area contributed by atoms with Crippen molar-refractivity contribution in [3.8, 4) is 45.9 Å². The third kappa shape index (κ3) is 4.60. The first-order valence-corrected chi connectivity index (χ1v) is 10.5. The zero-order valence-corrected chi connectivity index (χ0v) is 19.3. The third-order valence-corrected chi connectivity index (χ3v) is 5.88. The van der Waals surface area contributed by atoms with E-state index >= 15 is 0 Å². The minimum Gasteiger partial charge on any atom is -0.504 e. The molecule has 3 aromatic rings. The van der Waals surface area contributed by atoms with E-state index in [1.54, 1.807) is 24.4 Å². The Balaban J connectivity index is 0.00000324. The number of pyridine rings is 1. The average molecular weight is 480 g/mol. The van der Waals surface area contributed by atoms with E-state index in [1.165, 1.54) is 25.3 Å². The number of methoxy groups -OCH3 is 1. The molecule has 3 N–H and O–H groups in total. The average Bonchev–Trinajstić information content (AvgIpc) is 2.83. The van der Waals surface area contributed by atoms with Gasteiger partial charge in [0.2, 0.25) is 0 Å². The topological polar surface area (TPSA) is 119 Å². The fourth-order valence-electron chi connectivity index (χ4n) is 4.10. The number of rotatable bonds is 4. The van der Waals surface area contributed by atoms with Crippen LogP contribution < -0.4 is 15.4 Å². The number of benzene rings is 2. The number of aromatic nitrogens is 1. The minimum absolute atomic E-state index is 0.